The summed E-state index contributed by atoms with van der Waals surface area (Å²) in [5, 5.41) is 0. The summed E-state index contributed by atoms with van der Waals surface area (Å²) in [6, 6.07) is 24.8. The molecule has 0 aliphatic carbocycles. The highest BCUT2D eigenvalue weighted by Gasteiger charge is 2.47. The van der Waals surface area contributed by atoms with Crippen LogP contribution in [0, 0.1) is 5.92 Å². The Morgan fingerprint density at radius 1 is 0.946 bits per heavy atom. The zero-order chi connectivity index (χ0) is 25.8. The molecule has 0 fully saturated rings. The minimum Gasteiger partial charge on any atom is -0.494 e. The number of aromatic nitrogens is 2. The third-order valence-electron chi connectivity index (χ3n) is 6.65. The molecule has 37 heavy (non-hydrogen) atoms. The molecular formula is C30H31N3O4. The summed E-state index contributed by atoms with van der Waals surface area (Å²) >= 11 is 0. The Balaban J connectivity index is 1.62. The van der Waals surface area contributed by atoms with Gasteiger partial charge in [0.1, 0.15) is 5.75 Å². The summed E-state index contributed by atoms with van der Waals surface area (Å²) < 4.78 is 13.2. The number of benzene rings is 3. The molecule has 1 aliphatic rings. The lowest BCUT2D eigenvalue weighted by atomic mass is 9.89. The van der Waals surface area contributed by atoms with E-state index in [1.54, 1.807) is 11.8 Å². The number of para-hydroxylation sites is 2. The van der Waals surface area contributed by atoms with E-state index >= 15 is 0 Å². The van der Waals surface area contributed by atoms with E-state index in [1.807, 2.05) is 83.4 Å². The molecule has 0 bridgehead atoms. The zero-order valence-corrected chi connectivity index (χ0v) is 21.2. The van der Waals surface area contributed by atoms with Crippen molar-refractivity contribution in [1.29, 1.82) is 0 Å². The second-order valence-electron chi connectivity index (χ2n) is 9.09. The molecule has 7 heteroatoms. The maximum atomic E-state index is 14.0. The Kier molecular flexibility index (Phi) is 7.21. The molecule has 2 atom stereocenters. The van der Waals surface area contributed by atoms with Crippen molar-refractivity contribution in [1.82, 2.24) is 9.55 Å². The van der Waals surface area contributed by atoms with Crippen LogP contribution in [0.3, 0.4) is 0 Å². The number of amides is 1. The first-order chi connectivity index (χ1) is 18.1. The van der Waals surface area contributed by atoms with Crippen LogP contribution in [-0.4, -0.2) is 41.2 Å². The molecule has 1 aliphatic heterocycles. The van der Waals surface area contributed by atoms with E-state index in [2.05, 4.69) is 6.92 Å². The van der Waals surface area contributed by atoms with E-state index in [0.717, 1.165) is 34.3 Å². The third-order valence-corrected chi connectivity index (χ3v) is 6.65. The minimum absolute atomic E-state index is 0.195. The molecule has 0 unspecified atom stereocenters. The van der Waals surface area contributed by atoms with E-state index in [0.29, 0.717) is 25.5 Å². The summed E-state index contributed by atoms with van der Waals surface area (Å²) in [5.74, 6) is -0.576. The van der Waals surface area contributed by atoms with Gasteiger partial charge in [-0.15, -0.1) is 0 Å². The lowest BCUT2D eigenvalue weighted by Crippen LogP contribution is -2.50. The van der Waals surface area contributed by atoms with Gasteiger partial charge in [0.05, 0.1) is 30.3 Å². The molecule has 1 aromatic heterocycles. The summed E-state index contributed by atoms with van der Waals surface area (Å²) in [5.41, 5.74) is 3.56. The number of anilines is 1. The average Bonchev–Trinajstić information content (AvgIpc) is 3.31. The lowest BCUT2D eigenvalue weighted by Gasteiger charge is -2.38. The van der Waals surface area contributed by atoms with E-state index < -0.39 is 17.9 Å². The molecule has 0 radical (unpaired) electrons. The molecule has 0 spiro atoms. The van der Waals surface area contributed by atoms with Gasteiger partial charge in [0, 0.05) is 6.54 Å². The highest BCUT2D eigenvalue weighted by atomic mass is 16.5. The number of rotatable bonds is 9. The van der Waals surface area contributed by atoms with Crippen molar-refractivity contribution in [3.63, 3.8) is 0 Å². The summed E-state index contributed by atoms with van der Waals surface area (Å²) in [6.07, 6.45) is 1.55. The number of fused-ring (bicyclic) bond motifs is 3. The van der Waals surface area contributed by atoms with E-state index in [1.165, 1.54) is 0 Å². The summed E-state index contributed by atoms with van der Waals surface area (Å²) in [6.45, 7) is 5.03. The molecule has 2 heterocycles. The maximum absolute atomic E-state index is 14.0. The van der Waals surface area contributed by atoms with Gasteiger partial charge >= 0.3 is 5.97 Å². The van der Waals surface area contributed by atoms with Crippen molar-refractivity contribution in [3.8, 4) is 5.75 Å². The molecule has 0 saturated heterocycles. The van der Waals surface area contributed by atoms with Gasteiger partial charge in [-0.05, 0) is 55.2 Å². The fourth-order valence-electron chi connectivity index (χ4n) is 4.93. The first-order valence-electron chi connectivity index (χ1n) is 12.8. The quantitative estimate of drug-likeness (QED) is 0.235. The largest absolute Gasteiger partial charge is 0.494 e. The zero-order valence-electron chi connectivity index (χ0n) is 21.2. The van der Waals surface area contributed by atoms with Crippen LogP contribution in [0.25, 0.3) is 11.0 Å². The summed E-state index contributed by atoms with van der Waals surface area (Å²) in [4.78, 5) is 33.9. The molecule has 7 nitrogen and oxygen atoms in total. The van der Waals surface area contributed by atoms with Crippen molar-refractivity contribution < 1.29 is 19.1 Å². The topological polar surface area (TPSA) is 73.7 Å². The van der Waals surface area contributed by atoms with Crippen LogP contribution < -0.4 is 9.64 Å². The van der Waals surface area contributed by atoms with E-state index in [9.17, 15) is 9.59 Å². The van der Waals surface area contributed by atoms with Crippen LogP contribution in [0.15, 0.2) is 78.9 Å². The maximum Gasteiger partial charge on any atom is 0.321 e. The number of carbonyl (C=O) groups excluding carboxylic acids is 2. The Morgan fingerprint density at radius 3 is 2.41 bits per heavy atom. The first-order valence-corrected chi connectivity index (χ1v) is 12.8. The van der Waals surface area contributed by atoms with Crippen LogP contribution in [0.4, 0.5) is 5.95 Å². The van der Waals surface area contributed by atoms with E-state index in [4.69, 9.17) is 14.5 Å². The Labute approximate surface area is 216 Å². The number of hydrogen-bond acceptors (Lipinski definition) is 5. The van der Waals surface area contributed by atoms with Crippen molar-refractivity contribution in [2.75, 3.05) is 24.7 Å². The second-order valence-corrected chi connectivity index (χ2v) is 9.09. The van der Waals surface area contributed by atoms with E-state index in [-0.39, 0.29) is 12.5 Å². The Bertz CT molecular complexity index is 1380. The average molecular weight is 498 g/mol. The molecule has 0 N–H and O–H groups in total. The third kappa shape index (κ3) is 4.81. The highest BCUT2D eigenvalue weighted by molar-refractivity contribution is 6.08. The highest BCUT2D eigenvalue weighted by Crippen LogP contribution is 2.41. The van der Waals surface area contributed by atoms with Crippen LogP contribution in [0.2, 0.25) is 0 Å². The first kappa shape index (κ1) is 24.6. The number of esters is 1. The minimum atomic E-state index is -1.04. The standard InChI is InChI=1S/C30H31N3O4/c1-3-20-37-23-16-14-22(15-17-23)27-26(29(35)36-4-2)28(34)32(19-18-21-10-6-5-7-11-21)30-31-24-12-8-9-13-25(24)33(27)30/h5-17,26-27H,3-4,18-20H2,1-2H3/t26-,27+/m1/s1. The van der Waals surface area contributed by atoms with Gasteiger partial charge in [0.25, 0.3) is 0 Å². The van der Waals surface area contributed by atoms with Crippen molar-refractivity contribution >= 4 is 28.9 Å². The predicted octanol–water partition coefficient (Wildman–Crippen LogP) is 5.18. The summed E-state index contributed by atoms with van der Waals surface area (Å²) in [7, 11) is 0. The molecule has 190 valence electrons. The van der Waals surface area contributed by atoms with Gasteiger partial charge in [-0.25, -0.2) is 4.98 Å². The normalized spacial score (nSPS) is 17.0. The van der Waals surface area contributed by atoms with Crippen LogP contribution >= 0.6 is 0 Å². The number of carbonyl (C=O) groups is 2. The molecule has 0 saturated carbocycles. The Morgan fingerprint density at radius 2 is 1.68 bits per heavy atom. The molecule has 3 aromatic carbocycles. The smallest absolute Gasteiger partial charge is 0.321 e. The molecule has 1 amide bonds. The van der Waals surface area contributed by atoms with Crippen LogP contribution in [0.5, 0.6) is 5.75 Å². The molecule has 5 rings (SSSR count). The second kappa shape index (κ2) is 10.9. The lowest BCUT2D eigenvalue weighted by molar-refractivity contribution is -0.153. The van der Waals surface area contributed by atoms with Crippen molar-refractivity contribution in [2.24, 2.45) is 5.92 Å². The SMILES string of the molecule is CCCOc1ccc([C@H]2[C@@H](C(=O)OCC)C(=O)N(CCc3ccccc3)c3nc4ccccc4n32)cc1. The van der Waals surface area contributed by atoms with Gasteiger partial charge in [0.2, 0.25) is 11.9 Å². The van der Waals surface area contributed by atoms with Gasteiger partial charge in [0.15, 0.2) is 5.92 Å². The predicted molar refractivity (Wildman–Crippen MR) is 143 cm³/mol. The van der Waals surface area contributed by atoms with Crippen molar-refractivity contribution in [3.05, 3.63) is 90.0 Å². The van der Waals surface area contributed by atoms with Crippen LogP contribution in [-0.2, 0) is 20.7 Å². The molecule has 4 aromatic rings. The van der Waals surface area contributed by atoms with Gasteiger partial charge in [-0.2, -0.15) is 0 Å². The Hall–Kier alpha value is -4.13. The van der Waals surface area contributed by atoms with Crippen molar-refractivity contribution in [2.45, 2.75) is 32.7 Å². The number of imidazole rings is 1. The molecular weight excluding hydrogens is 466 g/mol. The monoisotopic (exact) mass is 497 g/mol. The fourth-order valence-corrected chi connectivity index (χ4v) is 4.93. The fraction of sp³-hybridized carbons (Fsp3) is 0.300. The van der Waals surface area contributed by atoms with Gasteiger partial charge in [-0.1, -0.05) is 61.5 Å². The number of nitrogens with zero attached hydrogens (tertiary/aromatic N) is 3. The van der Waals surface area contributed by atoms with Crippen LogP contribution in [0.1, 0.15) is 37.4 Å². The number of ether oxygens (including phenoxy) is 2. The van der Waals surface area contributed by atoms with Gasteiger partial charge in [-0.3, -0.25) is 14.5 Å². The number of hydrogen-bond donors (Lipinski definition) is 0. The van der Waals surface area contributed by atoms with Gasteiger partial charge < -0.3 is 14.0 Å².